The minimum atomic E-state index is -0.483. The number of nitrogens with zero attached hydrogens (tertiary/aromatic N) is 2. The second-order valence-corrected chi connectivity index (χ2v) is 3.63. The number of carbonyl (C=O) groups excluding carboxylic acids is 1. The van der Waals surface area contributed by atoms with Crippen molar-refractivity contribution in [2.45, 2.75) is 13.0 Å². The second-order valence-electron chi connectivity index (χ2n) is 3.63. The fraction of sp³-hybridized carbons (Fsp3) is 0.556. The van der Waals surface area contributed by atoms with E-state index in [-0.39, 0.29) is 0 Å². The smallest absolute Gasteiger partial charge is 0.412 e. The number of likely N-dealkylation sites (N-methyl/N-ethyl adjacent to an activating group) is 1. The van der Waals surface area contributed by atoms with Gasteiger partial charge < -0.3 is 9.64 Å². The summed E-state index contributed by atoms with van der Waals surface area (Å²) in [6.07, 6.45) is 0.407. The normalized spacial score (nSPS) is 15.9. The number of anilines is 1. The van der Waals surface area contributed by atoms with E-state index in [0.29, 0.717) is 5.82 Å². The molecule has 0 spiro atoms. The number of hydrogen-bond acceptors (Lipinski definition) is 4. The zero-order valence-corrected chi connectivity index (χ0v) is 8.83. The maximum Gasteiger partial charge on any atom is 0.412 e. The molecule has 0 aliphatic carbocycles. The zero-order chi connectivity index (χ0) is 10.8. The molecule has 1 aromatic heterocycles. The Kier molecular flexibility index (Phi) is 2.59. The number of rotatable bonds is 1. The molecule has 1 aromatic rings. The Hall–Kier alpha value is -1.56. The highest BCUT2D eigenvalue weighted by Gasteiger charge is 2.20. The fourth-order valence-corrected chi connectivity index (χ4v) is 1.70. The first-order chi connectivity index (χ1) is 7.20. The van der Waals surface area contributed by atoms with Crippen molar-refractivity contribution < 1.29 is 9.53 Å². The third kappa shape index (κ3) is 1.94. The summed E-state index contributed by atoms with van der Waals surface area (Å²) in [6.45, 7) is 1.81. The molecule has 0 unspecified atom stereocenters. The Morgan fingerprint density at radius 2 is 2.47 bits per heavy atom. The van der Waals surface area contributed by atoms with Gasteiger partial charge in [-0.15, -0.1) is 0 Å². The largest absolute Gasteiger partial charge is 0.453 e. The van der Waals surface area contributed by atoms with Crippen molar-refractivity contribution in [3.63, 3.8) is 0 Å². The first kappa shape index (κ1) is 9.97. The summed E-state index contributed by atoms with van der Waals surface area (Å²) in [7, 11) is 3.39. The van der Waals surface area contributed by atoms with Crippen molar-refractivity contribution in [1.82, 2.24) is 15.1 Å². The molecule has 0 saturated carbocycles. The molecule has 1 aliphatic rings. The number of aromatic amines is 1. The third-order valence-corrected chi connectivity index (χ3v) is 2.53. The zero-order valence-electron chi connectivity index (χ0n) is 8.83. The molecule has 0 radical (unpaired) electrons. The van der Waals surface area contributed by atoms with Crippen molar-refractivity contribution in [2.75, 3.05) is 26.0 Å². The number of fused-ring (bicyclic) bond motifs is 1. The van der Waals surface area contributed by atoms with Gasteiger partial charge >= 0.3 is 6.09 Å². The van der Waals surface area contributed by atoms with Gasteiger partial charge in [-0.3, -0.25) is 10.4 Å². The molecule has 6 nitrogen and oxygen atoms in total. The van der Waals surface area contributed by atoms with E-state index in [2.05, 4.69) is 32.2 Å². The van der Waals surface area contributed by atoms with E-state index in [4.69, 9.17) is 0 Å². The monoisotopic (exact) mass is 210 g/mol. The Bertz CT molecular complexity index is 374. The summed E-state index contributed by atoms with van der Waals surface area (Å²) in [5, 5.41) is 9.57. The summed E-state index contributed by atoms with van der Waals surface area (Å²) < 4.78 is 4.52. The van der Waals surface area contributed by atoms with Gasteiger partial charge in [-0.2, -0.15) is 5.10 Å². The van der Waals surface area contributed by atoms with Crippen LogP contribution in [-0.2, 0) is 17.7 Å². The molecule has 0 atom stereocenters. The van der Waals surface area contributed by atoms with E-state index in [1.165, 1.54) is 7.11 Å². The first-order valence-corrected chi connectivity index (χ1v) is 4.80. The van der Waals surface area contributed by atoms with Crippen LogP contribution in [0.15, 0.2) is 0 Å². The molecular weight excluding hydrogens is 196 g/mol. The molecular formula is C9H14N4O2. The van der Waals surface area contributed by atoms with Gasteiger partial charge in [0.05, 0.1) is 12.8 Å². The lowest BCUT2D eigenvalue weighted by atomic mass is 10.1. The lowest BCUT2D eigenvalue weighted by Gasteiger charge is -2.21. The van der Waals surface area contributed by atoms with E-state index >= 15 is 0 Å². The van der Waals surface area contributed by atoms with Crippen LogP contribution in [0.5, 0.6) is 0 Å². The highest BCUT2D eigenvalue weighted by atomic mass is 16.5. The van der Waals surface area contributed by atoms with E-state index < -0.39 is 6.09 Å². The van der Waals surface area contributed by atoms with Crippen LogP contribution in [0.1, 0.15) is 11.3 Å². The number of aromatic nitrogens is 2. The molecule has 0 fully saturated rings. The van der Waals surface area contributed by atoms with E-state index in [9.17, 15) is 4.79 Å². The van der Waals surface area contributed by atoms with Gasteiger partial charge in [-0.1, -0.05) is 0 Å². The Morgan fingerprint density at radius 3 is 3.20 bits per heavy atom. The lowest BCUT2D eigenvalue weighted by molar-refractivity contribution is 0.186. The van der Waals surface area contributed by atoms with Crippen LogP contribution < -0.4 is 5.32 Å². The number of methoxy groups -OCH3 is 1. The fourth-order valence-electron chi connectivity index (χ4n) is 1.70. The van der Waals surface area contributed by atoms with Crippen LogP contribution in [0.3, 0.4) is 0 Å². The topological polar surface area (TPSA) is 70.2 Å². The molecule has 82 valence electrons. The van der Waals surface area contributed by atoms with E-state index in [0.717, 1.165) is 30.8 Å². The van der Waals surface area contributed by atoms with Crippen molar-refractivity contribution in [2.24, 2.45) is 0 Å². The lowest BCUT2D eigenvalue weighted by Crippen LogP contribution is -2.26. The Labute approximate surface area is 87.6 Å². The van der Waals surface area contributed by atoms with E-state index in [1.54, 1.807) is 0 Å². The summed E-state index contributed by atoms with van der Waals surface area (Å²) in [4.78, 5) is 13.2. The number of hydrogen-bond donors (Lipinski definition) is 2. The molecule has 0 bridgehead atoms. The summed E-state index contributed by atoms with van der Waals surface area (Å²) in [5.74, 6) is 0.588. The second kappa shape index (κ2) is 3.90. The van der Waals surface area contributed by atoms with Crippen molar-refractivity contribution in [1.29, 1.82) is 0 Å². The molecule has 1 amide bonds. The van der Waals surface area contributed by atoms with Crippen molar-refractivity contribution >= 4 is 11.9 Å². The van der Waals surface area contributed by atoms with Crippen LogP contribution in [0, 0.1) is 0 Å². The van der Waals surface area contributed by atoms with Crippen LogP contribution in [0.4, 0.5) is 10.6 Å². The van der Waals surface area contributed by atoms with Gasteiger partial charge in [0.15, 0.2) is 5.82 Å². The number of H-pyrrole nitrogens is 1. The van der Waals surface area contributed by atoms with Gasteiger partial charge in [-0.05, 0) is 13.5 Å². The molecule has 15 heavy (non-hydrogen) atoms. The predicted molar refractivity (Wildman–Crippen MR) is 54.7 cm³/mol. The molecule has 2 heterocycles. The highest BCUT2D eigenvalue weighted by molar-refractivity contribution is 5.84. The highest BCUT2D eigenvalue weighted by Crippen LogP contribution is 2.22. The standard InChI is InChI=1S/C9H14N4O2/c1-13-4-3-6-7(5-13)11-12-8(6)10-9(14)15-2/h3-5H2,1-2H3,(H2,10,11,12,14). The summed E-state index contributed by atoms with van der Waals surface area (Å²) in [5.41, 5.74) is 2.15. The average molecular weight is 210 g/mol. The van der Waals surface area contributed by atoms with Gasteiger partial charge in [0, 0.05) is 18.7 Å². The van der Waals surface area contributed by atoms with Gasteiger partial charge in [0.25, 0.3) is 0 Å². The molecule has 1 aliphatic heterocycles. The number of carbonyl (C=O) groups is 1. The maximum absolute atomic E-state index is 11.0. The van der Waals surface area contributed by atoms with Gasteiger partial charge in [0.2, 0.25) is 0 Å². The van der Waals surface area contributed by atoms with Crippen LogP contribution in [-0.4, -0.2) is 41.9 Å². The average Bonchev–Trinajstić information content (AvgIpc) is 2.60. The minimum Gasteiger partial charge on any atom is -0.453 e. The summed E-state index contributed by atoms with van der Waals surface area (Å²) in [6, 6.07) is 0. The Morgan fingerprint density at radius 1 is 1.67 bits per heavy atom. The molecule has 2 rings (SSSR count). The van der Waals surface area contributed by atoms with Crippen LogP contribution in [0.2, 0.25) is 0 Å². The third-order valence-electron chi connectivity index (χ3n) is 2.53. The number of ether oxygens (including phenoxy) is 1. The number of amides is 1. The molecule has 0 saturated heterocycles. The Balaban J connectivity index is 2.17. The summed E-state index contributed by atoms with van der Waals surface area (Å²) >= 11 is 0. The van der Waals surface area contributed by atoms with Gasteiger partial charge in [0.1, 0.15) is 0 Å². The minimum absolute atomic E-state index is 0.483. The van der Waals surface area contributed by atoms with E-state index in [1.807, 2.05) is 0 Å². The molecule has 2 N–H and O–H groups in total. The quantitative estimate of drug-likeness (QED) is 0.711. The maximum atomic E-state index is 11.0. The van der Waals surface area contributed by atoms with Crippen LogP contribution >= 0.6 is 0 Å². The van der Waals surface area contributed by atoms with Crippen LogP contribution in [0.25, 0.3) is 0 Å². The molecule has 0 aromatic carbocycles. The SMILES string of the molecule is COC(=O)Nc1n[nH]c2c1CCN(C)C2. The first-order valence-electron chi connectivity index (χ1n) is 4.80. The van der Waals surface area contributed by atoms with Gasteiger partial charge in [-0.25, -0.2) is 4.79 Å². The number of nitrogens with one attached hydrogen (secondary N) is 2. The van der Waals surface area contributed by atoms with Crippen molar-refractivity contribution in [3.8, 4) is 0 Å². The predicted octanol–water partition coefficient (Wildman–Crippen LogP) is 0.576. The van der Waals surface area contributed by atoms with Crippen molar-refractivity contribution in [3.05, 3.63) is 11.3 Å². The molecule has 6 heteroatoms.